The Hall–Kier alpha value is -1.10. The third kappa shape index (κ3) is 1.90. The Morgan fingerprint density at radius 3 is 2.72 bits per heavy atom. The van der Waals surface area contributed by atoms with E-state index < -0.39 is 0 Å². The Morgan fingerprint density at radius 2 is 1.94 bits per heavy atom. The molecule has 0 aliphatic heterocycles. The second kappa shape index (κ2) is 4.53. The summed E-state index contributed by atoms with van der Waals surface area (Å²) in [5.74, 6) is 0. The lowest BCUT2D eigenvalue weighted by atomic mass is 10.3. The lowest BCUT2D eigenvalue weighted by Gasteiger charge is -2.06. The average molecular weight is 340 g/mol. The Bertz CT molecular complexity index is 791. The van der Waals surface area contributed by atoms with Crippen molar-refractivity contribution in [1.82, 2.24) is 9.55 Å². The summed E-state index contributed by atoms with van der Waals surface area (Å²) in [5, 5.41) is 0.680. The summed E-state index contributed by atoms with van der Waals surface area (Å²) in [5.41, 5.74) is 2.82. The smallest absolute Gasteiger partial charge is 0.182 e. The van der Waals surface area contributed by atoms with Crippen LogP contribution in [0.25, 0.3) is 16.7 Å². The predicted molar refractivity (Wildman–Crippen MR) is 81.2 cm³/mol. The summed E-state index contributed by atoms with van der Waals surface area (Å²) in [7, 11) is 0. The number of hydrogen-bond donors (Lipinski definition) is 1. The van der Waals surface area contributed by atoms with Gasteiger partial charge in [0.15, 0.2) is 4.77 Å². The molecular weight excluding hydrogens is 332 g/mol. The van der Waals surface area contributed by atoms with Gasteiger partial charge in [0.1, 0.15) is 0 Å². The van der Waals surface area contributed by atoms with Crippen molar-refractivity contribution in [3.63, 3.8) is 0 Å². The summed E-state index contributed by atoms with van der Waals surface area (Å²) in [6.45, 7) is 0. The van der Waals surface area contributed by atoms with Crippen molar-refractivity contribution in [3.8, 4) is 5.69 Å². The maximum absolute atomic E-state index is 6.27. The van der Waals surface area contributed by atoms with Gasteiger partial charge in [-0.15, -0.1) is 0 Å². The number of fused-ring (bicyclic) bond motifs is 1. The number of imidazole rings is 1. The molecule has 0 bridgehead atoms. The molecule has 0 spiro atoms. The molecule has 0 amide bonds. The van der Waals surface area contributed by atoms with Crippen molar-refractivity contribution in [3.05, 3.63) is 56.7 Å². The number of para-hydroxylation sites is 1. The zero-order valence-electron chi connectivity index (χ0n) is 9.15. The van der Waals surface area contributed by atoms with Gasteiger partial charge in [-0.2, -0.15) is 0 Å². The summed E-state index contributed by atoms with van der Waals surface area (Å²) < 4.78 is 3.58. The highest BCUT2D eigenvalue weighted by atomic mass is 79.9. The largest absolute Gasteiger partial charge is 0.330 e. The highest BCUT2D eigenvalue weighted by molar-refractivity contribution is 9.10. The fourth-order valence-electron chi connectivity index (χ4n) is 1.98. The van der Waals surface area contributed by atoms with E-state index in [-0.39, 0.29) is 0 Å². The molecule has 1 aromatic heterocycles. The van der Waals surface area contributed by atoms with Crippen LogP contribution in [0.4, 0.5) is 0 Å². The molecule has 0 aliphatic rings. The lowest BCUT2D eigenvalue weighted by Crippen LogP contribution is -1.94. The maximum atomic E-state index is 6.27. The standard InChI is InChI=1S/C13H8BrClN2S/c14-8-3-1-4-9(7-8)17-12-10(15)5-2-6-11(12)16-13(17)18/h1-7H,(H,16,18). The number of nitrogens with one attached hydrogen (secondary N) is 1. The van der Waals surface area contributed by atoms with Crippen LogP contribution in [0.3, 0.4) is 0 Å². The third-order valence-electron chi connectivity index (χ3n) is 2.72. The van der Waals surface area contributed by atoms with E-state index in [9.17, 15) is 0 Å². The fraction of sp³-hybridized carbons (Fsp3) is 0. The molecule has 90 valence electrons. The van der Waals surface area contributed by atoms with Crippen molar-refractivity contribution < 1.29 is 0 Å². The molecule has 0 unspecified atom stereocenters. The predicted octanol–water partition coefficient (Wildman–Crippen LogP) is 5.10. The Kier molecular flexibility index (Phi) is 3.01. The first kappa shape index (κ1) is 12.0. The molecule has 0 radical (unpaired) electrons. The number of aromatic nitrogens is 2. The number of benzene rings is 2. The molecule has 0 atom stereocenters. The van der Waals surface area contributed by atoms with Gasteiger partial charge in [-0.1, -0.05) is 39.7 Å². The van der Waals surface area contributed by atoms with Gasteiger partial charge < -0.3 is 4.98 Å². The quantitative estimate of drug-likeness (QED) is 0.611. The third-order valence-corrected chi connectivity index (χ3v) is 3.80. The minimum Gasteiger partial charge on any atom is -0.330 e. The minimum atomic E-state index is 0.635. The summed E-state index contributed by atoms with van der Waals surface area (Å²) in [6.07, 6.45) is 0. The van der Waals surface area contributed by atoms with Crippen LogP contribution in [0.2, 0.25) is 5.02 Å². The Morgan fingerprint density at radius 1 is 1.17 bits per heavy atom. The number of halogens is 2. The molecule has 0 saturated carbocycles. The van der Waals surface area contributed by atoms with Crippen molar-refractivity contribution in [2.75, 3.05) is 0 Å². The fourth-order valence-corrected chi connectivity index (χ4v) is 2.93. The first-order valence-corrected chi connectivity index (χ1v) is 6.90. The maximum Gasteiger partial charge on any atom is 0.182 e. The van der Waals surface area contributed by atoms with Crippen molar-refractivity contribution in [1.29, 1.82) is 0 Å². The zero-order chi connectivity index (χ0) is 12.7. The zero-order valence-corrected chi connectivity index (χ0v) is 12.3. The normalized spacial score (nSPS) is 11.0. The number of hydrogen-bond acceptors (Lipinski definition) is 1. The van der Waals surface area contributed by atoms with Crippen molar-refractivity contribution in [2.24, 2.45) is 0 Å². The van der Waals surface area contributed by atoms with Gasteiger partial charge in [0.2, 0.25) is 0 Å². The van der Waals surface area contributed by atoms with Crippen LogP contribution in [0.15, 0.2) is 46.9 Å². The highest BCUT2D eigenvalue weighted by Crippen LogP contribution is 2.27. The van der Waals surface area contributed by atoms with Gasteiger partial charge >= 0.3 is 0 Å². The van der Waals surface area contributed by atoms with Gasteiger partial charge in [0.25, 0.3) is 0 Å². The van der Waals surface area contributed by atoms with Gasteiger partial charge in [-0.25, -0.2) is 0 Å². The first-order valence-electron chi connectivity index (χ1n) is 5.32. The molecule has 2 nitrogen and oxygen atoms in total. The second-order valence-corrected chi connectivity index (χ2v) is 5.59. The number of nitrogens with zero attached hydrogens (tertiary/aromatic N) is 1. The topological polar surface area (TPSA) is 20.7 Å². The van der Waals surface area contributed by atoms with E-state index in [4.69, 9.17) is 23.8 Å². The van der Waals surface area contributed by atoms with Crippen molar-refractivity contribution in [2.45, 2.75) is 0 Å². The van der Waals surface area contributed by atoms with Crippen LogP contribution in [0.5, 0.6) is 0 Å². The van der Waals surface area contributed by atoms with Gasteiger partial charge in [-0.05, 0) is 42.5 Å². The first-order chi connectivity index (χ1) is 8.66. The molecule has 2 aromatic carbocycles. The molecule has 18 heavy (non-hydrogen) atoms. The minimum absolute atomic E-state index is 0.635. The molecule has 5 heteroatoms. The van der Waals surface area contributed by atoms with E-state index in [1.54, 1.807) is 0 Å². The van der Waals surface area contributed by atoms with Gasteiger partial charge in [0.05, 0.1) is 16.1 Å². The highest BCUT2D eigenvalue weighted by Gasteiger charge is 2.09. The Balaban J connectivity index is 2.42. The second-order valence-electron chi connectivity index (χ2n) is 3.88. The van der Waals surface area contributed by atoms with E-state index in [0.717, 1.165) is 21.2 Å². The monoisotopic (exact) mass is 338 g/mol. The van der Waals surface area contributed by atoms with Crippen LogP contribution in [0.1, 0.15) is 0 Å². The van der Waals surface area contributed by atoms with E-state index in [1.807, 2.05) is 47.0 Å². The summed E-state index contributed by atoms with van der Waals surface area (Å²) in [6, 6.07) is 13.7. The summed E-state index contributed by atoms with van der Waals surface area (Å²) in [4.78, 5) is 3.16. The van der Waals surface area contributed by atoms with Gasteiger partial charge in [-0.3, -0.25) is 4.57 Å². The van der Waals surface area contributed by atoms with Crippen LogP contribution in [0, 0.1) is 4.77 Å². The molecular formula is C13H8BrClN2S. The SMILES string of the molecule is S=c1[nH]c2cccc(Cl)c2n1-c1cccc(Br)c1. The molecule has 3 rings (SSSR count). The Labute approximate surface area is 122 Å². The number of aromatic amines is 1. The molecule has 1 heterocycles. The van der Waals surface area contributed by atoms with E-state index in [2.05, 4.69) is 20.9 Å². The van der Waals surface area contributed by atoms with Crippen LogP contribution in [-0.4, -0.2) is 9.55 Å². The molecule has 0 saturated heterocycles. The number of rotatable bonds is 1. The van der Waals surface area contributed by atoms with E-state index >= 15 is 0 Å². The lowest BCUT2D eigenvalue weighted by molar-refractivity contribution is 1.06. The van der Waals surface area contributed by atoms with Crippen LogP contribution >= 0.6 is 39.7 Å². The summed E-state index contributed by atoms with van der Waals surface area (Å²) >= 11 is 15.1. The number of H-pyrrole nitrogens is 1. The van der Waals surface area contributed by atoms with Gasteiger partial charge in [0, 0.05) is 10.2 Å². The molecule has 0 fully saturated rings. The average Bonchev–Trinajstić information content (AvgIpc) is 2.67. The van der Waals surface area contributed by atoms with E-state index in [0.29, 0.717) is 9.79 Å². The van der Waals surface area contributed by atoms with E-state index in [1.165, 1.54) is 0 Å². The molecule has 0 aliphatic carbocycles. The van der Waals surface area contributed by atoms with Crippen molar-refractivity contribution >= 4 is 50.8 Å². The molecule has 3 aromatic rings. The molecule has 1 N–H and O–H groups in total. The van der Waals surface area contributed by atoms with Crippen LogP contribution < -0.4 is 0 Å². The van der Waals surface area contributed by atoms with Crippen LogP contribution in [-0.2, 0) is 0 Å².